The van der Waals surface area contributed by atoms with Crippen molar-refractivity contribution < 1.29 is 22.7 Å². The van der Waals surface area contributed by atoms with E-state index < -0.39 is 27.2 Å². The van der Waals surface area contributed by atoms with E-state index in [4.69, 9.17) is 16.3 Å². The predicted octanol–water partition coefficient (Wildman–Crippen LogP) is 2.34. The van der Waals surface area contributed by atoms with Crippen LogP contribution in [0.2, 0.25) is 0 Å². The number of halogens is 1. The third-order valence-corrected chi connectivity index (χ3v) is 3.93. The van der Waals surface area contributed by atoms with Crippen LogP contribution in [0.25, 0.3) is 0 Å². The lowest BCUT2D eigenvalue weighted by Crippen LogP contribution is -2.18. The summed E-state index contributed by atoms with van der Waals surface area (Å²) in [5.41, 5.74) is 0.126. The molecule has 0 aromatic heterocycles. The van der Waals surface area contributed by atoms with Crippen LogP contribution in [-0.4, -0.2) is 32.0 Å². The Morgan fingerprint density at radius 1 is 1.25 bits per heavy atom. The Morgan fingerprint density at radius 3 is 2.20 bits per heavy atom. The summed E-state index contributed by atoms with van der Waals surface area (Å²) >= 11 is 5.42. The van der Waals surface area contributed by atoms with Crippen molar-refractivity contribution in [1.29, 1.82) is 0 Å². The van der Waals surface area contributed by atoms with E-state index in [1.54, 1.807) is 13.8 Å². The summed E-state index contributed by atoms with van der Waals surface area (Å²) in [5, 5.41) is -0.763. The molecule has 0 aliphatic rings. The Kier molecular flexibility index (Phi) is 4.94. The Labute approximate surface area is 122 Å². The molecule has 1 rings (SSSR count). The molecule has 1 aromatic carbocycles. The zero-order valence-electron chi connectivity index (χ0n) is 11.6. The molecule has 0 amide bonds. The smallest absolute Gasteiger partial charge is 0.340 e. The van der Waals surface area contributed by atoms with Crippen molar-refractivity contribution in [2.45, 2.75) is 31.8 Å². The van der Waals surface area contributed by atoms with E-state index in [0.717, 1.165) is 6.26 Å². The van der Waals surface area contributed by atoms with Gasteiger partial charge in [0.1, 0.15) is 0 Å². The summed E-state index contributed by atoms with van der Waals surface area (Å²) in [5.74, 6) is -0.794. The van der Waals surface area contributed by atoms with Crippen LogP contribution in [0.3, 0.4) is 0 Å². The number of carbonyl (C=O) groups is 2. The summed E-state index contributed by atoms with van der Waals surface area (Å²) < 4.78 is 28.5. The third-order valence-electron chi connectivity index (χ3n) is 2.58. The molecule has 110 valence electrons. The second-order valence-electron chi connectivity index (χ2n) is 4.61. The van der Waals surface area contributed by atoms with Crippen molar-refractivity contribution in [1.82, 2.24) is 0 Å². The highest BCUT2D eigenvalue weighted by atomic mass is 35.5. The first-order valence-electron chi connectivity index (χ1n) is 5.80. The second-order valence-corrected chi connectivity index (χ2v) is 6.94. The molecule has 0 radical (unpaired) electrons. The first-order valence-corrected chi connectivity index (χ1v) is 8.07. The van der Waals surface area contributed by atoms with Crippen LogP contribution < -0.4 is 0 Å². The Bertz CT molecular complexity index is 662. The monoisotopic (exact) mass is 318 g/mol. The van der Waals surface area contributed by atoms with Crippen LogP contribution in [0.15, 0.2) is 17.0 Å². The van der Waals surface area contributed by atoms with E-state index in [9.17, 15) is 18.0 Å². The molecule has 0 heterocycles. The highest BCUT2D eigenvalue weighted by Gasteiger charge is 2.25. The fraction of sp³-hybridized carbons (Fsp3) is 0.385. The summed E-state index contributed by atoms with van der Waals surface area (Å²) in [7, 11) is -3.63. The van der Waals surface area contributed by atoms with Gasteiger partial charge < -0.3 is 4.74 Å². The topological polar surface area (TPSA) is 77.5 Å². The van der Waals surface area contributed by atoms with Crippen LogP contribution in [0, 0.1) is 6.92 Å². The molecule has 0 unspecified atom stereocenters. The number of sulfone groups is 1. The quantitative estimate of drug-likeness (QED) is 0.629. The highest BCUT2D eigenvalue weighted by molar-refractivity contribution is 7.90. The van der Waals surface area contributed by atoms with Gasteiger partial charge in [0.2, 0.25) is 0 Å². The number of hydrogen-bond donors (Lipinski definition) is 0. The fourth-order valence-corrected chi connectivity index (χ4v) is 2.86. The molecule has 0 fully saturated rings. The van der Waals surface area contributed by atoms with Gasteiger partial charge in [-0.2, -0.15) is 0 Å². The summed E-state index contributed by atoms with van der Waals surface area (Å²) in [6, 6.07) is 2.47. The average molecular weight is 319 g/mol. The molecular weight excluding hydrogens is 304 g/mol. The SMILES string of the molecule is Cc1c(C(=O)Cl)ccc(S(C)(=O)=O)c1C(=O)OC(C)C. The number of benzene rings is 1. The zero-order valence-corrected chi connectivity index (χ0v) is 13.1. The van der Waals surface area contributed by atoms with E-state index in [2.05, 4.69) is 0 Å². The molecule has 20 heavy (non-hydrogen) atoms. The Hall–Kier alpha value is -1.40. The van der Waals surface area contributed by atoms with E-state index in [-0.39, 0.29) is 21.6 Å². The minimum absolute atomic E-state index is 0.0785. The van der Waals surface area contributed by atoms with Crippen molar-refractivity contribution in [3.05, 3.63) is 28.8 Å². The van der Waals surface area contributed by atoms with E-state index in [1.165, 1.54) is 19.1 Å². The zero-order chi connectivity index (χ0) is 15.7. The predicted molar refractivity (Wildman–Crippen MR) is 75.0 cm³/mol. The first kappa shape index (κ1) is 16.7. The maximum atomic E-state index is 12.1. The highest BCUT2D eigenvalue weighted by Crippen LogP contribution is 2.25. The standard InChI is InChI=1S/C13H15ClO5S/c1-7(2)19-13(16)11-8(3)9(12(14)15)5-6-10(11)20(4,17)18/h5-7H,1-4H3. The van der Waals surface area contributed by atoms with Gasteiger partial charge in [-0.05, 0) is 50.1 Å². The molecule has 0 aliphatic heterocycles. The lowest BCUT2D eigenvalue weighted by molar-refractivity contribution is 0.0372. The van der Waals surface area contributed by atoms with Crippen LogP contribution in [0.5, 0.6) is 0 Å². The van der Waals surface area contributed by atoms with Gasteiger partial charge in [-0.15, -0.1) is 0 Å². The van der Waals surface area contributed by atoms with Crippen molar-refractivity contribution in [3.8, 4) is 0 Å². The van der Waals surface area contributed by atoms with E-state index in [0.29, 0.717) is 0 Å². The summed E-state index contributed by atoms with van der Waals surface area (Å²) in [6.07, 6.45) is 0.570. The minimum Gasteiger partial charge on any atom is -0.459 e. The first-order chi connectivity index (χ1) is 9.05. The van der Waals surface area contributed by atoms with Gasteiger partial charge in [0, 0.05) is 11.8 Å². The molecule has 0 saturated carbocycles. The van der Waals surface area contributed by atoms with Gasteiger partial charge in [-0.1, -0.05) is 0 Å². The maximum Gasteiger partial charge on any atom is 0.340 e. The third kappa shape index (κ3) is 3.58. The molecule has 0 N–H and O–H groups in total. The number of ether oxygens (including phenoxy) is 1. The Balaban J connectivity index is 3.62. The number of rotatable bonds is 4. The molecular formula is C13H15ClO5S. The van der Waals surface area contributed by atoms with Crippen molar-refractivity contribution in [3.63, 3.8) is 0 Å². The Morgan fingerprint density at radius 2 is 1.80 bits per heavy atom. The molecule has 1 aromatic rings. The molecule has 5 nitrogen and oxygen atoms in total. The van der Waals surface area contributed by atoms with Crippen molar-refractivity contribution >= 4 is 32.6 Å². The molecule has 0 aliphatic carbocycles. The largest absolute Gasteiger partial charge is 0.459 e. The van der Waals surface area contributed by atoms with Gasteiger partial charge in [0.05, 0.1) is 16.6 Å². The number of carbonyl (C=O) groups excluding carboxylic acids is 2. The van der Waals surface area contributed by atoms with Crippen LogP contribution >= 0.6 is 11.6 Å². The molecule has 0 bridgehead atoms. The lowest BCUT2D eigenvalue weighted by atomic mass is 10.0. The molecule has 7 heteroatoms. The fourth-order valence-electron chi connectivity index (χ4n) is 1.74. The second kappa shape index (κ2) is 5.93. The van der Waals surface area contributed by atoms with Crippen LogP contribution in [0.4, 0.5) is 0 Å². The maximum absolute atomic E-state index is 12.1. The van der Waals surface area contributed by atoms with Crippen LogP contribution in [-0.2, 0) is 14.6 Å². The van der Waals surface area contributed by atoms with Crippen LogP contribution in [0.1, 0.15) is 40.1 Å². The summed E-state index contributed by atoms with van der Waals surface area (Å²) in [6.45, 7) is 4.75. The number of esters is 1. The molecule has 0 spiro atoms. The van der Waals surface area contributed by atoms with Gasteiger partial charge in [-0.25, -0.2) is 13.2 Å². The van der Waals surface area contributed by atoms with E-state index >= 15 is 0 Å². The van der Waals surface area contributed by atoms with Gasteiger partial charge in [-0.3, -0.25) is 4.79 Å². The van der Waals surface area contributed by atoms with Crippen molar-refractivity contribution in [2.24, 2.45) is 0 Å². The molecule has 0 saturated heterocycles. The lowest BCUT2D eigenvalue weighted by Gasteiger charge is -2.14. The number of hydrogen-bond acceptors (Lipinski definition) is 5. The van der Waals surface area contributed by atoms with E-state index in [1.807, 2.05) is 0 Å². The normalized spacial score (nSPS) is 11.5. The minimum atomic E-state index is -3.63. The van der Waals surface area contributed by atoms with Gasteiger partial charge >= 0.3 is 5.97 Å². The van der Waals surface area contributed by atoms with Crippen molar-refractivity contribution in [2.75, 3.05) is 6.26 Å². The molecule has 0 atom stereocenters. The van der Waals surface area contributed by atoms with Gasteiger partial charge in [0.15, 0.2) is 9.84 Å². The van der Waals surface area contributed by atoms with Gasteiger partial charge in [0.25, 0.3) is 5.24 Å². The average Bonchev–Trinajstić information content (AvgIpc) is 2.25. The summed E-state index contributed by atoms with van der Waals surface area (Å²) in [4.78, 5) is 23.2.